The third kappa shape index (κ3) is 3.73. The van der Waals surface area contributed by atoms with Gasteiger partial charge in [0.2, 0.25) is 5.91 Å². The Morgan fingerprint density at radius 1 is 1.38 bits per heavy atom. The first kappa shape index (κ1) is 17.2. The van der Waals surface area contributed by atoms with Gasteiger partial charge in [-0.05, 0) is 61.7 Å². The van der Waals surface area contributed by atoms with Crippen molar-refractivity contribution in [3.05, 3.63) is 57.3 Å². The van der Waals surface area contributed by atoms with Crippen molar-refractivity contribution in [1.29, 1.82) is 0 Å². The highest BCUT2D eigenvalue weighted by molar-refractivity contribution is 9.10. The number of carbonyl (C=O) groups excluding carboxylic acids is 1. The van der Waals surface area contributed by atoms with Crippen molar-refractivity contribution in [2.75, 3.05) is 16.8 Å². The van der Waals surface area contributed by atoms with Crippen molar-refractivity contribution in [2.45, 2.75) is 25.8 Å². The average molecular weight is 412 g/mol. The summed E-state index contributed by atoms with van der Waals surface area (Å²) < 4.78 is 14.3. The van der Waals surface area contributed by atoms with Gasteiger partial charge in [-0.3, -0.25) is 4.79 Å². The molecule has 1 aliphatic heterocycles. The van der Waals surface area contributed by atoms with Crippen molar-refractivity contribution in [1.82, 2.24) is 0 Å². The Kier molecular flexibility index (Phi) is 5.11. The summed E-state index contributed by atoms with van der Waals surface area (Å²) in [6.45, 7) is 2.28. The van der Waals surface area contributed by atoms with Crippen LogP contribution in [0, 0.1) is 5.82 Å². The molecule has 1 aliphatic rings. The van der Waals surface area contributed by atoms with Crippen LogP contribution < -0.4 is 10.2 Å². The van der Waals surface area contributed by atoms with Gasteiger partial charge in [-0.2, -0.15) is 0 Å². The van der Waals surface area contributed by atoms with Gasteiger partial charge in [-0.15, -0.1) is 0 Å². The molecule has 0 aromatic heterocycles. The summed E-state index contributed by atoms with van der Waals surface area (Å²) in [7, 11) is 0. The number of anilines is 2. The molecule has 0 saturated carbocycles. The minimum atomic E-state index is -0.241. The van der Waals surface area contributed by atoms with Crippen LogP contribution in [-0.2, 0) is 11.2 Å². The lowest BCUT2D eigenvalue weighted by atomic mass is 9.96. The van der Waals surface area contributed by atoms with Gasteiger partial charge >= 0.3 is 0 Å². The molecule has 0 radical (unpaired) electrons. The Morgan fingerprint density at radius 2 is 2.17 bits per heavy atom. The lowest BCUT2D eigenvalue weighted by Gasteiger charge is -2.36. The Labute approximate surface area is 153 Å². The first-order chi connectivity index (χ1) is 11.4. The van der Waals surface area contributed by atoms with E-state index in [0.29, 0.717) is 10.7 Å². The molecule has 0 fully saturated rings. The topological polar surface area (TPSA) is 32.3 Å². The molecule has 0 bridgehead atoms. The van der Waals surface area contributed by atoms with Crippen LogP contribution in [0.5, 0.6) is 0 Å². The van der Waals surface area contributed by atoms with Crippen LogP contribution >= 0.6 is 27.5 Å². The molecule has 2 aromatic rings. The van der Waals surface area contributed by atoms with E-state index in [2.05, 4.69) is 28.2 Å². The predicted octanol–water partition coefficient (Wildman–Crippen LogP) is 5.02. The van der Waals surface area contributed by atoms with Gasteiger partial charge in [-0.1, -0.05) is 27.5 Å². The van der Waals surface area contributed by atoms with Gasteiger partial charge in [0.1, 0.15) is 5.82 Å². The highest BCUT2D eigenvalue weighted by Gasteiger charge is 2.25. The van der Waals surface area contributed by atoms with Gasteiger partial charge in [0, 0.05) is 16.2 Å². The van der Waals surface area contributed by atoms with Crippen molar-refractivity contribution < 1.29 is 9.18 Å². The van der Waals surface area contributed by atoms with Gasteiger partial charge in [0.25, 0.3) is 0 Å². The number of halogens is 3. The van der Waals surface area contributed by atoms with E-state index in [4.69, 9.17) is 11.6 Å². The number of aryl methyl sites for hydroxylation is 1. The quantitative estimate of drug-likeness (QED) is 0.769. The number of amides is 1. The second-order valence-electron chi connectivity index (χ2n) is 5.96. The maximum Gasteiger partial charge on any atom is 0.243 e. The lowest BCUT2D eigenvalue weighted by Crippen LogP contribution is -2.42. The van der Waals surface area contributed by atoms with E-state index in [9.17, 15) is 9.18 Å². The van der Waals surface area contributed by atoms with Crippen LogP contribution in [0.25, 0.3) is 0 Å². The van der Waals surface area contributed by atoms with Crippen LogP contribution in [0.1, 0.15) is 18.9 Å². The van der Waals surface area contributed by atoms with Gasteiger partial charge < -0.3 is 10.2 Å². The molecular weight excluding hydrogens is 395 g/mol. The molecule has 24 heavy (non-hydrogen) atoms. The minimum Gasteiger partial charge on any atom is -0.359 e. The van der Waals surface area contributed by atoms with Crippen LogP contribution in [-0.4, -0.2) is 18.5 Å². The van der Waals surface area contributed by atoms with Crippen molar-refractivity contribution >= 4 is 44.8 Å². The summed E-state index contributed by atoms with van der Waals surface area (Å²) in [6, 6.07) is 10.3. The Morgan fingerprint density at radius 3 is 2.92 bits per heavy atom. The highest BCUT2D eigenvalue weighted by atomic mass is 79.9. The number of fused-ring (bicyclic) bond motifs is 1. The second-order valence-corrected chi connectivity index (χ2v) is 7.28. The molecule has 2 aromatic carbocycles. The maximum absolute atomic E-state index is 13.4. The van der Waals surface area contributed by atoms with Crippen molar-refractivity contribution in [3.63, 3.8) is 0 Å². The Bertz CT molecular complexity index is 784. The fraction of sp³-hybridized carbons (Fsp3) is 0.278. The highest BCUT2D eigenvalue weighted by Crippen LogP contribution is 2.31. The third-order valence-corrected chi connectivity index (χ3v) is 5.04. The summed E-state index contributed by atoms with van der Waals surface area (Å²) in [6.07, 6.45) is 1.72. The standard InChI is InChI=1S/C18H17BrClFN2O/c1-11-2-3-12-8-14(21)5-7-17(12)23(11)10-18(24)22-16-6-4-13(19)9-15(16)20/h4-9,11H,2-3,10H2,1H3,(H,22,24). The zero-order valence-corrected chi connectivity index (χ0v) is 15.5. The molecule has 0 saturated heterocycles. The molecule has 6 heteroatoms. The SMILES string of the molecule is CC1CCc2cc(F)ccc2N1CC(=O)Nc1ccc(Br)cc1Cl. The molecule has 1 heterocycles. The molecule has 3 rings (SSSR count). The van der Waals surface area contributed by atoms with E-state index in [0.717, 1.165) is 28.6 Å². The average Bonchev–Trinajstić information content (AvgIpc) is 2.53. The zero-order chi connectivity index (χ0) is 17.3. The van der Waals surface area contributed by atoms with Gasteiger partial charge in [0.05, 0.1) is 17.3 Å². The summed E-state index contributed by atoms with van der Waals surface area (Å²) in [5.74, 6) is -0.391. The minimum absolute atomic E-state index is 0.150. The number of hydrogen-bond donors (Lipinski definition) is 1. The molecule has 1 unspecified atom stereocenters. The first-order valence-corrected chi connectivity index (χ1v) is 8.91. The third-order valence-electron chi connectivity index (χ3n) is 4.23. The molecular formula is C18H17BrClFN2O. The zero-order valence-electron chi connectivity index (χ0n) is 13.2. The first-order valence-electron chi connectivity index (χ1n) is 7.74. The lowest BCUT2D eigenvalue weighted by molar-refractivity contribution is -0.115. The normalized spacial score (nSPS) is 16.7. The largest absolute Gasteiger partial charge is 0.359 e. The number of benzene rings is 2. The van der Waals surface area contributed by atoms with E-state index in [1.165, 1.54) is 6.07 Å². The Hall–Kier alpha value is -1.59. The number of nitrogens with zero attached hydrogens (tertiary/aromatic N) is 1. The molecule has 1 atom stereocenters. The summed E-state index contributed by atoms with van der Waals surface area (Å²) in [5, 5.41) is 3.32. The number of rotatable bonds is 3. The van der Waals surface area contributed by atoms with Crippen molar-refractivity contribution in [2.24, 2.45) is 0 Å². The number of hydrogen-bond acceptors (Lipinski definition) is 2. The second kappa shape index (κ2) is 7.11. The molecule has 3 nitrogen and oxygen atoms in total. The van der Waals surface area contributed by atoms with Gasteiger partial charge in [-0.25, -0.2) is 4.39 Å². The maximum atomic E-state index is 13.4. The fourth-order valence-electron chi connectivity index (χ4n) is 2.97. The van der Waals surface area contributed by atoms with Crippen LogP contribution in [0.2, 0.25) is 5.02 Å². The predicted molar refractivity (Wildman–Crippen MR) is 99.3 cm³/mol. The fourth-order valence-corrected chi connectivity index (χ4v) is 3.69. The van der Waals surface area contributed by atoms with Crippen LogP contribution in [0.4, 0.5) is 15.8 Å². The van der Waals surface area contributed by atoms with E-state index in [1.807, 2.05) is 11.0 Å². The molecule has 1 amide bonds. The van der Waals surface area contributed by atoms with E-state index in [1.54, 1.807) is 24.3 Å². The molecule has 1 N–H and O–H groups in total. The summed E-state index contributed by atoms with van der Waals surface area (Å²) >= 11 is 9.48. The van der Waals surface area contributed by atoms with Crippen molar-refractivity contribution in [3.8, 4) is 0 Å². The summed E-state index contributed by atoms with van der Waals surface area (Å²) in [4.78, 5) is 14.5. The Balaban J connectivity index is 1.76. The smallest absolute Gasteiger partial charge is 0.243 e. The van der Waals surface area contributed by atoms with E-state index in [-0.39, 0.29) is 24.3 Å². The number of carbonyl (C=O) groups is 1. The molecule has 0 aliphatic carbocycles. The summed E-state index contributed by atoms with van der Waals surface area (Å²) in [5.41, 5.74) is 2.45. The van der Waals surface area contributed by atoms with E-state index < -0.39 is 0 Å². The van der Waals surface area contributed by atoms with Crippen LogP contribution in [0.3, 0.4) is 0 Å². The number of nitrogens with one attached hydrogen (secondary N) is 1. The molecule has 126 valence electrons. The monoisotopic (exact) mass is 410 g/mol. The van der Waals surface area contributed by atoms with Crippen LogP contribution in [0.15, 0.2) is 40.9 Å². The van der Waals surface area contributed by atoms with Gasteiger partial charge in [0.15, 0.2) is 0 Å². The molecule has 0 spiro atoms. The van der Waals surface area contributed by atoms with E-state index >= 15 is 0 Å².